The molecule has 0 radical (unpaired) electrons. The highest BCUT2D eigenvalue weighted by Crippen LogP contribution is 2.80. The van der Waals surface area contributed by atoms with Gasteiger partial charge < -0.3 is 28.5 Å². The summed E-state index contributed by atoms with van der Waals surface area (Å²) in [5.74, 6) is -0.803. The van der Waals surface area contributed by atoms with E-state index in [1.165, 1.54) is 0 Å². The first-order valence-corrected chi connectivity index (χ1v) is 16.8. The van der Waals surface area contributed by atoms with E-state index in [0.29, 0.717) is 25.2 Å². The van der Waals surface area contributed by atoms with Crippen molar-refractivity contribution in [2.45, 2.75) is 135 Å². The molecule has 4 aliphatic heterocycles. The zero-order valence-electron chi connectivity index (χ0n) is 27.0. The Kier molecular flexibility index (Phi) is 6.83. The van der Waals surface area contributed by atoms with Crippen LogP contribution < -0.4 is 0 Å². The van der Waals surface area contributed by atoms with E-state index in [1.807, 2.05) is 19.9 Å². The highest BCUT2D eigenvalue weighted by atomic mass is 16.7. The SMILES string of the molecule is CCCCCc1occc1[C@@H]1OC(=O)[C@H]2O[C@]23[C@]2(C)[C@H](O)C(=O)[C@H]4[C@@]5(COC(=O)C[C@@H]5O[C@@]4(C)CCC(C)C)[C@H]2CC[C@@]13C. The molecule has 2 aliphatic carbocycles. The van der Waals surface area contributed by atoms with Crippen molar-refractivity contribution in [1.82, 2.24) is 0 Å². The summed E-state index contributed by atoms with van der Waals surface area (Å²) in [6.07, 6.45) is 4.91. The quantitative estimate of drug-likeness (QED) is 0.238. The molecule has 1 aromatic heterocycles. The number of rotatable bonds is 8. The fourth-order valence-electron chi connectivity index (χ4n) is 11.0. The normalized spacial score (nSPS) is 47.2. The molecule has 0 amide bonds. The molecule has 7 rings (SSSR count). The van der Waals surface area contributed by atoms with Crippen LogP contribution in [0.3, 0.4) is 0 Å². The van der Waals surface area contributed by atoms with Crippen LogP contribution in [0.25, 0.3) is 0 Å². The summed E-state index contributed by atoms with van der Waals surface area (Å²) in [5.41, 5.74) is -3.84. The zero-order chi connectivity index (χ0) is 31.4. The lowest BCUT2D eigenvalue weighted by Crippen LogP contribution is -2.76. The van der Waals surface area contributed by atoms with Crippen LogP contribution in [-0.4, -0.2) is 58.9 Å². The second-order valence-corrected chi connectivity index (χ2v) is 15.7. The summed E-state index contributed by atoms with van der Waals surface area (Å²) in [6, 6.07) is 1.90. The van der Waals surface area contributed by atoms with Crippen molar-refractivity contribution in [2.24, 2.45) is 34.0 Å². The van der Waals surface area contributed by atoms with Gasteiger partial charge in [0.15, 0.2) is 11.9 Å². The maximum absolute atomic E-state index is 14.7. The molecule has 1 aromatic rings. The highest BCUT2D eigenvalue weighted by Gasteiger charge is 2.90. The Morgan fingerprint density at radius 2 is 1.84 bits per heavy atom. The zero-order valence-corrected chi connectivity index (χ0v) is 27.0. The standard InChI is InChI=1S/C35H48O9/c1-7-8-9-10-21-20(13-16-40-21)28-31(4)14-12-22-33(6,35(31)29(44-35)30(39)42-28)27(38)25(37)26-32(5,15-11-19(2)3)43-23-17-24(36)41-18-34(22,23)26/h13,16,19,22-23,26-29,38H,7-12,14-15,17-18H2,1-6H3/t22-,23-,26+,27+,28-,29+,31-,32-,33-,34-,35+/m0/s1. The smallest absolute Gasteiger partial charge is 0.339 e. The van der Waals surface area contributed by atoms with E-state index in [0.717, 1.165) is 43.4 Å². The number of furan rings is 1. The van der Waals surface area contributed by atoms with Crippen molar-refractivity contribution >= 4 is 17.7 Å². The number of aryl methyl sites for hydroxylation is 1. The van der Waals surface area contributed by atoms with Crippen molar-refractivity contribution in [2.75, 3.05) is 6.61 Å². The Morgan fingerprint density at radius 1 is 1.07 bits per heavy atom. The van der Waals surface area contributed by atoms with Gasteiger partial charge in [0.2, 0.25) is 0 Å². The lowest BCUT2D eigenvalue weighted by molar-refractivity contribution is -0.252. The Balaban J connectivity index is 1.34. The van der Waals surface area contributed by atoms with Gasteiger partial charge in [-0.15, -0.1) is 0 Å². The van der Waals surface area contributed by atoms with Crippen LogP contribution in [0, 0.1) is 34.0 Å². The molecule has 1 N–H and O–H groups in total. The Bertz CT molecular complexity index is 1370. The van der Waals surface area contributed by atoms with Gasteiger partial charge in [-0.3, -0.25) is 9.59 Å². The molecule has 5 heterocycles. The first kappa shape index (κ1) is 30.4. The van der Waals surface area contributed by atoms with Crippen molar-refractivity contribution in [3.8, 4) is 0 Å². The van der Waals surface area contributed by atoms with Gasteiger partial charge in [-0.2, -0.15) is 0 Å². The first-order chi connectivity index (χ1) is 20.8. The number of aliphatic hydroxyl groups excluding tert-OH is 1. The molecule has 0 aromatic carbocycles. The average Bonchev–Trinajstić information content (AvgIpc) is 3.51. The number of hydrogen-bond donors (Lipinski definition) is 1. The number of epoxide rings is 1. The van der Waals surface area contributed by atoms with Crippen LogP contribution in [0.15, 0.2) is 16.7 Å². The van der Waals surface area contributed by atoms with Crippen LogP contribution in [-0.2, 0) is 39.8 Å². The number of unbranched alkanes of at least 4 members (excludes halogenated alkanes) is 2. The highest BCUT2D eigenvalue weighted by molar-refractivity contribution is 5.92. The molecule has 44 heavy (non-hydrogen) atoms. The molecule has 6 aliphatic rings. The predicted molar refractivity (Wildman–Crippen MR) is 157 cm³/mol. The second-order valence-electron chi connectivity index (χ2n) is 15.7. The number of Topliss-reactive ketones (excluding diaryl/α,β-unsaturated/α-hetero) is 1. The molecule has 2 spiro atoms. The minimum atomic E-state index is -1.38. The van der Waals surface area contributed by atoms with E-state index in [-0.39, 0.29) is 30.7 Å². The molecular formula is C35H48O9. The van der Waals surface area contributed by atoms with Gasteiger partial charge in [0.25, 0.3) is 0 Å². The van der Waals surface area contributed by atoms with Crippen LogP contribution in [0.2, 0.25) is 0 Å². The molecule has 4 saturated heterocycles. The molecule has 11 atom stereocenters. The molecule has 242 valence electrons. The average molecular weight is 613 g/mol. The van der Waals surface area contributed by atoms with Crippen molar-refractivity contribution in [1.29, 1.82) is 0 Å². The Hall–Kier alpha value is -2.23. The number of ether oxygens (including phenoxy) is 4. The number of aliphatic hydroxyl groups is 1. The van der Waals surface area contributed by atoms with Gasteiger partial charge in [0.1, 0.15) is 30.2 Å². The molecule has 6 fully saturated rings. The molecule has 0 unspecified atom stereocenters. The maximum Gasteiger partial charge on any atom is 0.339 e. The molecule has 2 saturated carbocycles. The fraction of sp³-hybridized carbons (Fsp3) is 0.800. The third kappa shape index (κ3) is 3.61. The molecule has 0 bridgehead atoms. The van der Waals surface area contributed by atoms with Crippen LogP contribution in [0.4, 0.5) is 0 Å². The predicted octanol–water partition coefficient (Wildman–Crippen LogP) is 5.26. The van der Waals surface area contributed by atoms with Crippen LogP contribution in [0.5, 0.6) is 0 Å². The Labute approximate surface area is 259 Å². The molecule has 9 nitrogen and oxygen atoms in total. The van der Waals surface area contributed by atoms with Crippen LogP contribution >= 0.6 is 0 Å². The van der Waals surface area contributed by atoms with E-state index in [2.05, 4.69) is 27.7 Å². The molecular weight excluding hydrogens is 564 g/mol. The van der Waals surface area contributed by atoms with Gasteiger partial charge >= 0.3 is 11.9 Å². The van der Waals surface area contributed by atoms with E-state index in [4.69, 9.17) is 23.4 Å². The van der Waals surface area contributed by atoms with Gasteiger partial charge in [-0.1, -0.05) is 47.5 Å². The fourth-order valence-corrected chi connectivity index (χ4v) is 11.0. The minimum absolute atomic E-state index is 0.0613. The summed E-state index contributed by atoms with van der Waals surface area (Å²) in [6.45, 7) is 12.5. The van der Waals surface area contributed by atoms with Crippen molar-refractivity contribution in [3.05, 3.63) is 23.7 Å². The number of cyclic esters (lactones) is 2. The van der Waals surface area contributed by atoms with E-state index in [9.17, 15) is 19.5 Å². The monoisotopic (exact) mass is 612 g/mol. The van der Waals surface area contributed by atoms with E-state index >= 15 is 0 Å². The van der Waals surface area contributed by atoms with Crippen LogP contribution in [0.1, 0.15) is 110 Å². The van der Waals surface area contributed by atoms with Crippen molar-refractivity contribution in [3.63, 3.8) is 0 Å². The Morgan fingerprint density at radius 3 is 2.57 bits per heavy atom. The topological polar surface area (TPSA) is 125 Å². The van der Waals surface area contributed by atoms with E-state index in [1.54, 1.807) is 6.26 Å². The number of carbonyl (C=O) groups is 3. The number of esters is 2. The summed E-state index contributed by atoms with van der Waals surface area (Å²) < 4.78 is 31.3. The van der Waals surface area contributed by atoms with E-state index < -0.39 is 63.8 Å². The van der Waals surface area contributed by atoms with Gasteiger partial charge in [0, 0.05) is 28.2 Å². The summed E-state index contributed by atoms with van der Waals surface area (Å²) in [5, 5.41) is 12.3. The third-order valence-electron chi connectivity index (χ3n) is 13.0. The number of hydrogen-bond acceptors (Lipinski definition) is 9. The first-order valence-electron chi connectivity index (χ1n) is 16.8. The largest absolute Gasteiger partial charge is 0.469 e. The van der Waals surface area contributed by atoms with Gasteiger partial charge in [-0.05, 0) is 56.9 Å². The number of carbonyl (C=O) groups excluding carboxylic acids is 3. The third-order valence-corrected chi connectivity index (χ3v) is 13.0. The summed E-state index contributed by atoms with van der Waals surface area (Å²) in [4.78, 5) is 41.1. The van der Waals surface area contributed by atoms with Crippen molar-refractivity contribution < 1.29 is 42.9 Å². The lowest BCUT2D eigenvalue weighted by atomic mass is 9.36. The number of fused-ring (bicyclic) bond motifs is 1. The summed E-state index contributed by atoms with van der Waals surface area (Å²) >= 11 is 0. The minimum Gasteiger partial charge on any atom is -0.469 e. The maximum atomic E-state index is 14.7. The van der Waals surface area contributed by atoms with Gasteiger partial charge in [-0.25, -0.2) is 4.79 Å². The second kappa shape index (κ2) is 9.88. The summed E-state index contributed by atoms with van der Waals surface area (Å²) in [7, 11) is 0. The van der Waals surface area contributed by atoms with Gasteiger partial charge in [0.05, 0.1) is 30.3 Å². The number of ketones is 1. The lowest BCUT2D eigenvalue weighted by Gasteiger charge is -2.66. The molecule has 9 heteroatoms.